The highest BCUT2D eigenvalue weighted by Gasteiger charge is 2.42. The summed E-state index contributed by atoms with van der Waals surface area (Å²) >= 11 is 0. The molecule has 148 valence electrons. The predicted octanol–water partition coefficient (Wildman–Crippen LogP) is 5.09. The molecule has 0 saturated heterocycles. The Hall–Kier alpha value is -2.88. The molecular formula is C25H27N3O. The number of aromatic nitrogens is 2. The lowest BCUT2D eigenvalue weighted by atomic mass is 9.84. The van der Waals surface area contributed by atoms with Gasteiger partial charge in [0.1, 0.15) is 5.69 Å². The number of nitrogens with one attached hydrogen (secondary N) is 1. The van der Waals surface area contributed by atoms with Crippen molar-refractivity contribution in [3.63, 3.8) is 0 Å². The van der Waals surface area contributed by atoms with Crippen molar-refractivity contribution >= 4 is 5.91 Å². The number of para-hydroxylation sites is 1. The zero-order valence-corrected chi connectivity index (χ0v) is 16.8. The largest absolute Gasteiger partial charge is 0.349 e. The number of carbonyl (C=O) groups is 1. The van der Waals surface area contributed by atoms with E-state index in [2.05, 4.69) is 12.2 Å². The molecule has 29 heavy (non-hydrogen) atoms. The van der Waals surface area contributed by atoms with Gasteiger partial charge in [-0.25, -0.2) is 4.68 Å². The van der Waals surface area contributed by atoms with E-state index in [-0.39, 0.29) is 11.9 Å². The number of fused-ring (bicyclic) bond motifs is 2. The normalized spacial score (nSPS) is 23.8. The Morgan fingerprint density at radius 2 is 1.76 bits per heavy atom. The zero-order valence-electron chi connectivity index (χ0n) is 16.8. The number of amides is 1. The second kappa shape index (κ2) is 7.51. The van der Waals surface area contributed by atoms with Crippen molar-refractivity contribution in [2.75, 3.05) is 0 Å². The van der Waals surface area contributed by atoms with Gasteiger partial charge in [0.25, 0.3) is 5.91 Å². The second-order valence-corrected chi connectivity index (χ2v) is 8.64. The van der Waals surface area contributed by atoms with E-state index in [1.165, 1.54) is 25.7 Å². The number of hydrogen-bond acceptors (Lipinski definition) is 2. The quantitative estimate of drug-likeness (QED) is 0.665. The van der Waals surface area contributed by atoms with Crippen LogP contribution in [-0.2, 0) is 0 Å². The Kier molecular flexibility index (Phi) is 4.70. The van der Waals surface area contributed by atoms with E-state index < -0.39 is 0 Å². The molecule has 0 aliphatic heterocycles. The lowest BCUT2D eigenvalue weighted by Crippen LogP contribution is -2.40. The standard InChI is InChI=1S/C25H27N3O/c1-17(22-15-18-12-13-20(22)14-18)26-25(29)23-16-28(21-10-6-3-7-11-21)27-24(23)19-8-4-2-5-9-19/h2-11,16-18,20,22H,12-15H2,1H3,(H,26,29). The summed E-state index contributed by atoms with van der Waals surface area (Å²) in [5, 5.41) is 8.08. The van der Waals surface area contributed by atoms with Crippen molar-refractivity contribution in [2.24, 2.45) is 17.8 Å². The minimum absolute atomic E-state index is 0.0266. The average Bonchev–Trinajstić information content (AvgIpc) is 3.50. The third-order valence-electron chi connectivity index (χ3n) is 6.82. The summed E-state index contributed by atoms with van der Waals surface area (Å²) in [4.78, 5) is 13.3. The molecule has 4 heteroatoms. The predicted molar refractivity (Wildman–Crippen MR) is 115 cm³/mol. The van der Waals surface area contributed by atoms with Gasteiger partial charge in [-0.2, -0.15) is 5.10 Å². The van der Waals surface area contributed by atoms with Gasteiger partial charge in [0.2, 0.25) is 0 Å². The molecule has 2 aliphatic carbocycles. The lowest BCUT2D eigenvalue weighted by Gasteiger charge is -2.28. The molecule has 0 radical (unpaired) electrons. The average molecular weight is 386 g/mol. The van der Waals surface area contributed by atoms with Gasteiger partial charge in [0.15, 0.2) is 0 Å². The summed E-state index contributed by atoms with van der Waals surface area (Å²) in [7, 11) is 0. The highest BCUT2D eigenvalue weighted by atomic mass is 16.1. The Labute approximate surface area is 172 Å². The van der Waals surface area contributed by atoms with Crippen molar-refractivity contribution in [2.45, 2.75) is 38.6 Å². The van der Waals surface area contributed by atoms with Gasteiger partial charge in [0.05, 0.1) is 11.3 Å². The summed E-state index contributed by atoms with van der Waals surface area (Å²) in [6.45, 7) is 2.17. The van der Waals surface area contributed by atoms with Crippen LogP contribution in [0.3, 0.4) is 0 Å². The van der Waals surface area contributed by atoms with Gasteiger partial charge < -0.3 is 5.32 Å². The van der Waals surface area contributed by atoms with Crippen LogP contribution >= 0.6 is 0 Å². The van der Waals surface area contributed by atoms with Gasteiger partial charge in [0, 0.05) is 17.8 Å². The fourth-order valence-electron chi connectivity index (χ4n) is 5.36. The third kappa shape index (κ3) is 3.48. The van der Waals surface area contributed by atoms with E-state index >= 15 is 0 Å². The highest BCUT2D eigenvalue weighted by Crippen LogP contribution is 2.49. The first-order valence-electron chi connectivity index (χ1n) is 10.7. The van der Waals surface area contributed by atoms with Crippen LogP contribution in [-0.4, -0.2) is 21.7 Å². The minimum Gasteiger partial charge on any atom is -0.349 e. The monoisotopic (exact) mass is 385 g/mol. The highest BCUT2D eigenvalue weighted by molar-refractivity contribution is 6.00. The zero-order chi connectivity index (χ0) is 19.8. The van der Waals surface area contributed by atoms with Crippen LogP contribution in [0.2, 0.25) is 0 Å². The van der Waals surface area contributed by atoms with E-state index in [4.69, 9.17) is 5.10 Å². The number of rotatable bonds is 5. The number of hydrogen-bond donors (Lipinski definition) is 1. The molecule has 2 bridgehead atoms. The molecular weight excluding hydrogens is 358 g/mol. The Morgan fingerprint density at radius 3 is 2.41 bits per heavy atom. The molecule has 1 heterocycles. The van der Waals surface area contributed by atoms with Crippen molar-refractivity contribution in [3.8, 4) is 16.9 Å². The van der Waals surface area contributed by atoms with Gasteiger partial charge in [-0.3, -0.25) is 4.79 Å². The molecule has 5 rings (SSSR count). The van der Waals surface area contributed by atoms with Crippen LogP contribution < -0.4 is 5.32 Å². The number of carbonyl (C=O) groups excluding carboxylic acids is 1. The minimum atomic E-state index is -0.0266. The lowest BCUT2D eigenvalue weighted by molar-refractivity contribution is 0.0916. The maximum Gasteiger partial charge on any atom is 0.255 e. The molecule has 0 spiro atoms. The summed E-state index contributed by atoms with van der Waals surface area (Å²) in [5.41, 5.74) is 3.27. The molecule has 1 N–H and O–H groups in total. The summed E-state index contributed by atoms with van der Waals surface area (Å²) in [5.74, 6) is 2.25. The van der Waals surface area contributed by atoms with E-state index in [0.717, 1.165) is 28.8 Å². The fourth-order valence-corrected chi connectivity index (χ4v) is 5.36. The van der Waals surface area contributed by atoms with E-state index in [9.17, 15) is 4.79 Å². The second-order valence-electron chi connectivity index (χ2n) is 8.64. The van der Waals surface area contributed by atoms with Crippen LogP contribution in [0.15, 0.2) is 66.9 Å². The molecule has 2 aliphatic rings. The number of benzene rings is 2. The van der Waals surface area contributed by atoms with Gasteiger partial charge in [-0.1, -0.05) is 55.0 Å². The van der Waals surface area contributed by atoms with Gasteiger partial charge >= 0.3 is 0 Å². The molecule has 4 nitrogen and oxygen atoms in total. The Balaban J connectivity index is 1.44. The summed E-state index contributed by atoms with van der Waals surface area (Å²) in [6.07, 6.45) is 7.19. The maximum absolute atomic E-state index is 13.3. The van der Waals surface area contributed by atoms with Crippen molar-refractivity contribution in [1.82, 2.24) is 15.1 Å². The Bertz CT molecular complexity index is 995. The first-order chi connectivity index (χ1) is 14.2. The first kappa shape index (κ1) is 18.2. The molecule has 3 aromatic rings. The smallest absolute Gasteiger partial charge is 0.255 e. The summed E-state index contributed by atoms with van der Waals surface area (Å²) in [6, 6.07) is 20.1. The molecule has 1 aromatic heterocycles. The van der Waals surface area contributed by atoms with E-state index in [1.807, 2.05) is 66.9 Å². The molecule has 1 amide bonds. The van der Waals surface area contributed by atoms with E-state index in [1.54, 1.807) is 4.68 Å². The van der Waals surface area contributed by atoms with Crippen LogP contribution in [0.1, 0.15) is 43.0 Å². The number of nitrogens with zero attached hydrogens (tertiary/aromatic N) is 2. The van der Waals surface area contributed by atoms with E-state index in [0.29, 0.717) is 11.5 Å². The molecule has 2 aromatic carbocycles. The first-order valence-corrected chi connectivity index (χ1v) is 10.7. The molecule has 4 unspecified atom stereocenters. The van der Waals surface area contributed by atoms with Crippen molar-refractivity contribution < 1.29 is 4.79 Å². The van der Waals surface area contributed by atoms with Crippen molar-refractivity contribution in [1.29, 1.82) is 0 Å². The molecule has 2 fully saturated rings. The third-order valence-corrected chi connectivity index (χ3v) is 6.82. The topological polar surface area (TPSA) is 46.9 Å². The van der Waals surface area contributed by atoms with Crippen LogP contribution in [0.25, 0.3) is 16.9 Å². The van der Waals surface area contributed by atoms with Gasteiger partial charge in [-0.05, 0) is 56.1 Å². The van der Waals surface area contributed by atoms with Crippen LogP contribution in [0, 0.1) is 17.8 Å². The maximum atomic E-state index is 13.3. The van der Waals surface area contributed by atoms with Crippen molar-refractivity contribution in [3.05, 3.63) is 72.4 Å². The Morgan fingerprint density at radius 1 is 1.03 bits per heavy atom. The summed E-state index contributed by atoms with van der Waals surface area (Å²) < 4.78 is 1.81. The fraction of sp³-hybridized carbons (Fsp3) is 0.360. The van der Waals surface area contributed by atoms with Gasteiger partial charge in [-0.15, -0.1) is 0 Å². The van der Waals surface area contributed by atoms with Crippen LogP contribution in [0.4, 0.5) is 0 Å². The van der Waals surface area contributed by atoms with Crippen LogP contribution in [0.5, 0.6) is 0 Å². The SMILES string of the molecule is CC(NC(=O)c1cn(-c2ccccc2)nc1-c1ccccc1)C1CC2CCC1C2. The molecule has 4 atom stereocenters. The molecule has 2 saturated carbocycles.